The van der Waals surface area contributed by atoms with Gasteiger partial charge >= 0.3 is 5.97 Å². The van der Waals surface area contributed by atoms with Gasteiger partial charge in [0.05, 0.1) is 0 Å². The van der Waals surface area contributed by atoms with Crippen molar-refractivity contribution in [2.75, 3.05) is 0 Å². The standard InChI is InChI=1S/C16H16O2S/c1-12(17)18-15-9-7-13(8-10-15)11-16(19)14-5-3-2-4-6-14/h2-10,16,19H,11H2,1H3. The van der Waals surface area contributed by atoms with Crippen LogP contribution in [-0.4, -0.2) is 5.97 Å². The van der Waals surface area contributed by atoms with Crippen LogP contribution in [0.15, 0.2) is 54.6 Å². The largest absolute Gasteiger partial charge is 0.427 e. The normalized spacial score (nSPS) is 11.9. The Morgan fingerprint density at radius 3 is 2.32 bits per heavy atom. The summed E-state index contributed by atoms with van der Waals surface area (Å²) >= 11 is 4.63. The monoisotopic (exact) mass is 272 g/mol. The Labute approximate surface area is 118 Å². The van der Waals surface area contributed by atoms with E-state index in [-0.39, 0.29) is 11.2 Å². The quantitative estimate of drug-likeness (QED) is 0.520. The van der Waals surface area contributed by atoms with E-state index >= 15 is 0 Å². The summed E-state index contributed by atoms with van der Waals surface area (Å²) in [5.41, 5.74) is 2.37. The van der Waals surface area contributed by atoms with Crippen LogP contribution in [0.1, 0.15) is 23.3 Å². The summed E-state index contributed by atoms with van der Waals surface area (Å²) in [5.74, 6) is 0.274. The Kier molecular flexibility index (Phi) is 4.63. The van der Waals surface area contributed by atoms with Crippen molar-refractivity contribution in [3.8, 4) is 5.75 Å². The zero-order valence-electron chi connectivity index (χ0n) is 10.7. The molecule has 2 aromatic rings. The van der Waals surface area contributed by atoms with Crippen LogP contribution in [0.3, 0.4) is 0 Å². The van der Waals surface area contributed by atoms with Gasteiger partial charge in [0.2, 0.25) is 0 Å². The predicted octanol–water partition coefficient (Wildman–Crippen LogP) is 3.83. The summed E-state index contributed by atoms with van der Waals surface area (Å²) in [6.07, 6.45) is 0.841. The van der Waals surface area contributed by atoms with E-state index < -0.39 is 0 Å². The smallest absolute Gasteiger partial charge is 0.308 e. The topological polar surface area (TPSA) is 26.3 Å². The lowest BCUT2D eigenvalue weighted by Crippen LogP contribution is -2.01. The number of esters is 1. The molecule has 2 nitrogen and oxygen atoms in total. The highest BCUT2D eigenvalue weighted by Gasteiger charge is 2.07. The molecule has 19 heavy (non-hydrogen) atoms. The number of ether oxygens (including phenoxy) is 1. The van der Waals surface area contributed by atoms with Crippen LogP contribution < -0.4 is 4.74 Å². The molecule has 0 aromatic heterocycles. The van der Waals surface area contributed by atoms with E-state index in [0.29, 0.717) is 5.75 Å². The lowest BCUT2D eigenvalue weighted by molar-refractivity contribution is -0.131. The van der Waals surface area contributed by atoms with Crippen LogP contribution in [0.25, 0.3) is 0 Å². The van der Waals surface area contributed by atoms with Gasteiger partial charge in [0, 0.05) is 12.2 Å². The summed E-state index contributed by atoms with van der Waals surface area (Å²) in [6.45, 7) is 1.40. The molecule has 0 spiro atoms. The summed E-state index contributed by atoms with van der Waals surface area (Å²) in [7, 11) is 0. The molecule has 0 radical (unpaired) electrons. The number of rotatable bonds is 4. The first-order valence-electron chi connectivity index (χ1n) is 6.15. The molecule has 0 fully saturated rings. The predicted molar refractivity (Wildman–Crippen MR) is 79.6 cm³/mol. The molecule has 1 unspecified atom stereocenters. The maximum absolute atomic E-state index is 10.8. The van der Waals surface area contributed by atoms with Gasteiger partial charge in [-0.25, -0.2) is 0 Å². The van der Waals surface area contributed by atoms with Crippen molar-refractivity contribution in [2.24, 2.45) is 0 Å². The van der Waals surface area contributed by atoms with E-state index in [2.05, 4.69) is 24.8 Å². The highest BCUT2D eigenvalue weighted by Crippen LogP contribution is 2.25. The Morgan fingerprint density at radius 2 is 1.74 bits per heavy atom. The average molecular weight is 272 g/mol. The average Bonchev–Trinajstić information content (AvgIpc) is 2.41. The lowest BCUT2D eigenvalue weighted by atomic mass is 10.0. The molecule has 0 aliphatic rings. The van der Waals surface area contributed by atoms with Crippen LogP contribution >= 0.6 is 12.6 Å². The summed E-state index contributed by atoms with van der Waals surface area (Å²) < 4.78 is 5.00. The van der Waals surface area contributed by atoms with Gasteiger partial charge in [0.1, 0.15) is 5.75 Å². The number of benzene rings is 2. The van der Waals surface area contributed by atoms with E-state index in [1.807, 2.05) is 42.5 Å². The zero-order chi connectivity index (χ0) is 13.7. The molecule has 0 bridgehead atoms. The van der Waals surface area contributed by atoms with Crippen LogP contribution in [0.5, 0.6) is 5.75 Å². The molecule has 3 heteroatoms. The van der Waals surface area contributed by atoms with Crippen molar-refractivity contribution >= 4 is 18.6 Å². The van der Waals surface area contributed by atoms with Crippen LogP contribution in [0.2, 0.25) is 0 Å². The molecule has 0 saturated heterocycles. The van der Waals surface area contributed by atoms with E-state index in [0.717, 1.165) is 6.42 Å². The van der Waals surface area contributed by atoms with Crippen LogP contribution in [-0.2, 0) is 11.2 Å². The maximum atomic E-state index is 10.8. The fraction of sp³-hybridized carbons (Fsp3) is 0.188. The van der Waals surface area contributed by atoms with Crippen molar-refractivity contribution in [1.82, 2.24) is 0 Å². The second-order valence-corrected chi connectivity index (χ2v) is 4.99. The first-order valence-corrected chi connectivity index (χ1v) is 6.67. The molecule has 0 N–H and O–H groups in total. The summed E-state index contributed by atoms with van der Waals surface area (Å²) in [4.78, 5) is 10.8. The molecule has 1 atom stereocenters. The molecule has 0 aliphatic heterocycles. The summed E-state index contributed by atoms with van der Waals surface area (Å²) in [6, 6.07) is 17.7. The van der Waals surface area contributed by atoms with Gasteiger partial charge < -0.3 is 4.74 Å². The molecule has 0 aliphatic carbocycles. The number of carbonyl (C=O) groups is 1. The Morgan fingerprint density at radius 1 is 1.11 bits per heavy atom. The Balaban J connectivity index is 2.01. The minimum Gasteiger partial charge on any atom is -0.427 e. The minimum absolute atomic E-state index is 0.167. The van der Waals surface area contributed by atoms with Gasteiger partial charge in [-0.15, -0.1) is 0 Å². The summed E-state index contributed by atoms with van der Waals surface area (Å²) in [5, 5.41) is 0.167. The van der Waals surface area contributed by atoms with Crippen molar-refractivity contribution in [3.05, 3.63) is 65.7 Å². The molecule has 0 heterocycles. The molecule has 2 aromatic carbocycles. The maximum Gasteiger partial charge on any atom is 0.308 e. The molecule has 98 valence electrons. The third kappa shape index (κ3) is 4.14. The lowest BCUT2D eigenvalue weighted by Gasteiger charge is -2.11. The van der Waals surface area contributed by atoms with Gasteiger partial charge in [0.15, 0.2) is 0 Å². The highest BCUT2D eigenvalue weighted by molar-refractivity contribution is 7.80. The van der Waals surface area contributed by atoms with Crippen LogP contribution in [0.4, 0.5) is 0 Å². The number of thiol groups is 1. The molecule has 2 rings (SSSR count). The van der Waals surface area contributed by atoms with Crippen molar-refractivity contribution in [2.45, 2.75) is 18.6 Å². The van der Waals surface area contributed by atoms with Crippen LogP contribution in [0, 0.1) is 0 Å². The minimum atomic E-state index is -0.302. The Bertz CT molecular complexity index is 534. The molecular weight excluding hydrogens is 256 g/mol. The van der Waals surface area contributed by atoms with Gasteiger partial charge in [-0.1, -0.05) is 42.5 Å². The third-order valence-corrected chi connectivity index (χ3v) is 3.28. The van der Waals surface area contributed by atoms with Gasteiger partial charge in [-0.2, -0.15) is 12.6 Å². The van der Waals surface area contributed by atoms with E-state index in [1.54, 1.807) is 0 Å². The SMILES string of the molecule is CC(=O)Oc1ccc(CC(S)c2ccccc2)cc1. The van der Waals surface area contributed by atoms with Gasteiger partial charge in [-0.3, -0.25) is 4.79 Å². The highest BCUT2D eigenvalue weighted by atomic mass is 32.1. The van der Waals surface area contributed by atoms with E-state index in [9.17, 15) is 4.79 Å². The fourth-order valence-corrected chi connectivity index (χ4v) is 2.26. The molecule has 0 saturated carbocycles. The van der Waals surface area contributed by atoms with E-state index in [4.69, 9.17) is 4.74 Å². The second kappa shape index (κ2) is 6.43. The molecule has 0 amide bonds. The van der Waals surface area contributed by atoms with Crippen molar-refractivity contribution < 1.29 is 9.53 Å². The first kappa shape index (κ1) is 13.7. The number of hydrogen-bond donors (Lipinski definition) is 1. The first-order chi connectivity index (χ1) is 9.15. The zero-order valence-corrected chi connectivity index (χ0v) is 11.6. The second-order valence-electron chi connectivity index (χ2n) is 4.37. The van der Waals surface area contributed by atoms with E-state index in [1.165, 1.54) is 18.1 Å². The number of carbonyl (C=O) groups excluding carboxylic acids is 1. The fourth-order valence-electron chi connectivity index (χ4n) is 1.88. The van der Waals surface area contributed by atoms with Gasteiger partial charge in [0.25, 0.3) is 0 Å². The van der Waals surface area contributed by atoms with Gasteiger partial charge in [-0.05, 0) is 29.7 Å². The number of hydrogen-bond acceptors (Lipinski definition) is 3. The third-order valence-electron chi connectivity index (χ3n) is 2.80. The Hall–Kier alpha value is -1.74. The molecular formula is C16H16O2S. The van der Waals surface area contributed by atoms with Crippen molar-refractivity contribution in [1.29, 1.82) is 0 Å². The van der Waals surface area contributed by atoms with Crippen molar-refractivity contribution in [3.63, 3.8) is 0 Å².